The molecule has 27 heavy (non-hydrogen) atoms. The van der Waals surface area contributed by atoms with Gasteiger partial charge in [0.25, 0.3) is 5.91 Å². The minimum absolute atomic E-state index is 0.0774. The summed E-state index contributed by atoms with van der Waals surface area (Å²) >= 11 is 0. The molecule has 0 spiro atoms. The maximum atomic E-state index is 13.0. The summed E-state index contributed by atoms with van der Waals surface area (Å²) in [5.41, 5.74) is 1.49. The van der Waals surface area contributed by atoms with Crippen molar-refractivity contribution in [2.45, 2.75) is 25.9 Å². The Hall–Kier alpha value is -3.48. The number of rotatable bonds is 4. The maximum Gasteiger partial charge on any atom is 0.325 e. The van der Waals surface area contributed by atoms with E-state index < -0.39 is 11.6 Å². The van der Waals surface area contributed by atoms with Gasteiger partial charge in [0.1, 0.15) is 12.1 Å². The van der Waals surface area contributed by atoms with Gasteiger partial charge in [0, 0.05) is 5.56 Å². The topological polar surface area (TPSA) is 88.3 Å². The Bertz CT molecular complexity index is 998. The van der Waals surface area contributed by atoms with Gasteiger partial charge in [0.2, 0.25) is 11.7 Å². The lowest BCUT2D eigenvalue weighted by atomic mass is 9.91. The highest BCUT2D eigenvalue weighted by Crippen LogP contribution is 2.30. The molecule has 0 aliphatic carbocycles. The molecule has 1 fully saturated rings. The standard InChI is InChI=1S/C20H18N4O3/c1-13-8-10-15(11-9-13)20(2)18(25)24(19(26)22-20)12-16-21-17(23-27-16)14-6-4-3-5-7-14/h3-11H,12H2,1-2H3,(H,22,26). The van der Waals surface area contributed by atoms with Gasteiger partial charge in [-0.2, -0.15) is 4.98 Å². The second-order valence-electron chi connectivity index (χ2n) is 6.69. The van der Waals surface area contributed by atoms with E-state index in [2.05, 4.69) is 15.5 Å². The first-order chi connectivity index (χ1) is 13.0. The quantitative estimate of drug-likeness (QED) is 0.721. The van der Waals surface area contributed by atoms with Crippen LogP contribution in [0.3, 0.4) is 0 Å². The van der Waals surface area contributed by atoms with E-state index in [1.807, 2.05) is 61.5 Å². The maximum absolute atomic E-state index is 13.0. The highest BCUT2D eigenvalue weighted by atomic mass is 16.5. The molecule has 1 unspecified atom stereocenters. The van der Waals surface area contributed by atoms with Crippen molar-refractivity contribution in [1.82, 2.24) is 20.4 Å². The summed E-state index contributed by atoms with van der Waals surface area (Å²) in [5, 5.41) is 6.70. The van der Waals surface area contributed by atoms with E-state index in [1.54, 1.807) is 6.92 Å². The molecule has 7 heteroatoms. The number of imide groups is 1. The summed E-state index contributed by atoms with van der Waals surface area (Å²) < 4.78 is 5.23. The number of carbonyl (C=O) groups excluding carboxylic acids is 2. The van der Waals surface area contributed by atoms with E-state index in [0.29, 0.717) is 5.82 Å². The van der Waals surface area contributed by atoms with Crippen molar-refractivity contribution in [2.24, 2.45) is 0 Å². The first-order valence-corrected chi connectivity index (χ1v) is 8.56. The van der Waals surface area contributed by atoms with Crippen LogP contribution >= 0.6 is 0 Å². The smallest absolute Gasteiger partial charge is 0.325 e. The Labute approximate surface area is 156 Å². The molecule has 1 saturated heterocycles. The summed E-state index contributed by atoms with van der Waals surface area (Å²) in [4.78, 5) is 30.8. The second-order valence-corrected chi connectivity index (χ2v) is 6.69. The first kappa shape index (κ1) is 17.0. The van der Waals surface area contributed by atoms with Crippen molar-refractivity contribution in [3.63, 3.8) is 0 Å². The summed E-state index contributed by atoms with van der Waals surface area (Å²) in [5.74, 6) is 0.264. The zero-order valence-electron chi connectivity index (χ0n) is 15.0. The lowest BCUT2D eigenvalue weighted by molar-refractivity contribution is -0.131. The molecule has 2 aromatic carbocycles. The molecule has 2 heterocycles. The Morgan fingerprint density at radius 1 is 1.07 bits per heavy atom. The highest BCUT2D eigenvalue weighted by molar-refractivity contribution is 6.07. The number of benzene rings is 2. The Kier molecular flexibility index (Phi) is 3.99. The molecule has 7 nitrogen and oxygen atoms in total. The van der Waals surface area contributed by atoms with E-state index in [-0.39, 0.29) is 18.3 Å². The Morgan fingerprint density at radius 3 is 2.48 bits per heavy atom. The molecule has 0 saturated carbocycles. The number of aryl methyl sites for hydroxylation is 1. The number of aromatic nitrogens is 2. The van der Waals surface area contributed by atoms with Gasteiger partial charge >= 0.3 is 6.03 Å². The summed E-state index contributed by atoms with van der Waals surface area (Å²) in [6.45, 7) is 3.58. The fraction of sp³-hybridized carbons (Fsp3) is 0.200. The zero-order chi connectivity index (χ0) is 19.0. The molecule has 3 aromatic rings. The summed E-state index contributed by atoms with van der Waals surface area (Å²) in [7, 11) is 0. The average molecular weight is 362 g/mol. The van der Waals surface area contributed by atoms with Gasteiger partial charge in [-0.05, 0) is 19.4 Å². The second kappa shape index (κ2) is 6.35. The molecule has 0 radical (unpaired) electrons. The van der Waals surface area contributed by atoms with Crippen LogP contribution in [0, 0.1) is 6.92 Å². The Morgan fingerprint density at radius 2 is 1.78 bits per heavy atom. The van der Waals surface area contributed by atoms with Crippen LogP contribution in [0.5, 0.6) is 0 Å². The van der Waals surface area contributed by atoms with Gasteiger partial charge < -0.3 is 9.84 Å². The van der Waals surface area contributed by atoms with Crippen LogP contribution in [0.4, 0.5) is 4.79 Å². The number of nitrogens with zero attached hydrogens (tertiary/aromatic N) is 3. The minimum Gasteiger partial charge on any atom is -0.337 e. The van der Waals surface area contributed by atoms with Crippen LogP contribution in [0.1, 0.15) is 23.9 Å². The third kappa shape index (κ3) is 2.97. The molecular weight excluding hydrogens is 344 g/mol. The van der Waals surface area contributed by atoms with Crippen LogP contribution < -0.4 is 5.32 Å². The van der Waals surface area contributed by atoms with E-state index in [4.69, 9.17) is 4.52 Å². The number of hydrogen-bond acceptors (Lipinski definition) is 5. The van der Waals surface area contributed by atoms with Crippen LogP contribution in [-0.4, -0.2) is 27.0 Å². The number of urea groups is 1. The van der Waals surface area contributed by atoms with Crippen molar-refractivity contribution >= 4 is 11.9 Å². The van der Waals surface area contributed by atoms with Crippen molar-refractivity contribution in [1.29, 1.82) is 0 Å². The molecule has 0 bridgehead atoms. The van der Waals surface area contributed by atoms with Crippen molar-refractivity contribution < 1.29 is 14.1 Å². The molecule has 136 valence electrons. The molecule has 1 aromatic heterocycles. The monoisotopic (exact) mass is 362 g/mol. The lowest BCUT2D eigenvalue weighted by Gasteiger charge is -2.22. The zero-order valence-corrected chi connectivity index (χ0v) is 15.0. The van der Waals surface area contributed by atoms with Gasteiger partial charge in [0.15, 0.2) is 0 Å². The fourth-order valence-corrected chi connectivity index (χ4v) is 3.08. The van der Waals surface area contributed by atoms with Gasteiger partial charge in [-0.15, -0.1) is 0 Å². The number of nitrogens with one attached hydrogen (secondary N) is 1. The third-order valence-corrected chi connectivity index (χ3v) is 4.70. The Balaban J connectivity index is 1.56. The molecule has 1 aliphatic heterocycles. The predicted molar refractivity (Wildman–Crippen MR) is 97.3 cm³/mol. The van der Waals surface area contributed by atoms with E-state index in [9.17, 15) is 9.59 Å². The largest absolute Gasteiger partial charge is 0.337 e. The van der Waals surface area contributed by atoms with Gasteiger partial charge in [-0.1, -0.05) is 65.3 Å². The normalized spacial score (nSPS) is 19.4. The molecule has 1 atom stereocenters. The van der Waals surface area contributed by atoms with Crippen molar-refractivity contribution in [3.8, 4) is 11.4 Å². The third-order valence-electron chi connectivity index (χ3n) is 4.70. The van der Waals surface area contributed by atoms with Crippen LogP contribution in [0.25, 0.3) is 11.4 Å². The van der Waals surface area contributed by atoms with E-state index >= 15 is 0 Å². The number of hydrogen-bond donors (Lipinski definition) is 1. The SMILES string of the molecule is Cc1ccc(C2(C)NC(=O)N(Cc3nc(-c4ccccc4)no3)C2=O)cc1. The molecule has 3 amide bonds. The molecular formula is C20H18N4O3. The fourth-order valence-electron chi connectivity index (χ4n) is 3.08. The van der Waals surface area contributed by atoms with Gasteiger partial charge in [-0.3, -0.25) is 9.69 Å². The van der Waals surface area contributed by atoms with E-state index in [1.165, 1.54) is 0 Å². The first-order valence-electron chi connectivity index (χ1n) is 8.56. The molecule has 1 aliphatic rings. The van der Waals surface area contributed by atoms with Gasteiger partial charge in [-0.25, -0.2) is 4.79 Å². The van der Waals surface area contributed by atoms with Crippen LogP contribution in [0.15, 0.2) is 59.1 Å². The lowest BCUT2D eigenvalue weighted by Crippen LogP contribution is -2.40. The number of carbonyl (C=O) groups is 2. The summed E-state index contributed by atoms with van der Waals surface area (Å²) in [6, 6.07) is 16.4. The number of amides is 3. The molecule has 1 N–H and O–H groups in total. The van der Waals surface area contributed by atoms with Crippen LogP contribution in [0.2, 0.25) is 0 Å². The van der Waals surface area contributed by atoms with E-state index in [0.717, 1.165) is 21.6 Å². The minimum atomic E-state index is -1.12. The average Bonchev–Trinajstić information content (AvgIpc) is 3.22. The van der Waals surface area contributed by atoms with Crippen molar-refractivity contribution in [2.75, 3.05) is 0 Å². The predicted octanol–water partition coefficient (Wildman–Crippen LogP) is 3.01. The van der Waals surface area contributed by atoms with Gasteiger partial charge in [0.05, 0.1) is 0 Å². The highest BCUT2D eigenvalue weighted by Gasteiger charge is 2.49. The summed E-state index contributed by atoms with van der Waals surface area (Å²) in [6.07, 6.45) is 0. The van der Waals surface area contributed by atoms with Crippen molar-refractivity contribution in [3.05, 3.63) is 71.6 Å². The molecule has 4 rings (SSSR count). The van der Waals surface area contributed by atoms with Crippen LogP contribution in [-0.2, 0) is 16.9 Å².